The lowest BCUT2D eigenvalue weighted by Gasteiger charge is -2.30. The van der Waals surface area contributed by atoms with E-state index in [-0.39, 0.29) is 19.8 Å². The standard InChI is InChI=1S/C32H31Cl2IN4O6S/c1-4-42-26-14-20(13-24(35)30(26)45-16-19-10-11-22(33)23(34)12-19)15-36-39-27(40)17-44-25-9-7-6-8-21(25)29-28(31(41)43-5-2)18(3)37-32(46)38-29/h6-15,29H,4-5,16-17H2,1-3H3,(H,39,40)(H2,37,38,46)/t29-/m1/s1. The van der Waals surface area contributed by atoms with E-state index in [0.717, 1.165) is 9.13 Å². The number of hydrogen-bond donors (Lipinski definition) is 3. The lowest BCUT2D eigenvalue weighted by atomic mass is 9.95. The van der Waals surface area contributed by atoms with Gasteiger partial charge < -0.3 is 29.6 Å². The molecule has 0 fully saturated rings. The molecule has 0 unspecified atom stereocenters. The molecule has 242 valence electrons. The van der Waals surface area contributed by atoms with E-state index >= 15 is 0 Å². The average molecular weight is 797 g/mol. The van der Waals surface area contributed by atoms with Crippen LogP contribution < -0.4 is 30.3 Å². The fourth-order valence-corrected chi connectivity index (χ4v) is 5.83. The van der Waals surface area contributed by atoms with E-state index in [4.69, 9.17) is 54.4 Å². The maximum Gasteiger partial charge on any atom is 0.338 e. The Bertz CT molecular complexity index is 1690. The number of nitrogens with one attached hydrogen (secondary N) is 3. The minimum Gasteiger partial charge on any atom is -0.490 e. The molecule has 1 atom stereocenters. The van der Waals surface area contributed by atoms with Gasteiger partial charge in [0.1, 0.15) is 12.4 Å². The summed E-state index contributed by atoms with van der Waals surface area (Å²) in [5.74, 6) is 0.522. The second-order valence-corrected chi connectivity index (χ2v) is 12.1. The van der Waals surface area contributed by atoms with Gasteiger partial charge in [0, 0.05) is 11.3 Å². The van der Waals surface area contributed by atoms with Crippen molar-refractivity contribution >= 4 is 81.2 Å². The van der Waals surface area contributed by atoms with Crippen LogP contribution >= 0.6 is 58.0 Å². The fraction of sp³-hybridized carbons (Fsp3) is 0.250. The first-order chi connectivity index (χ1) is 22.1. The van der Waals surface area contributed by atoms with Crippen LogP contribution in [0.5, 0.6) is 17.2 Å². The van der Waals surface area contributed by atoms with Gasteiger partial charge in [-0.1, -0.05) is 47.5 Å². The average Bonchev–Trinajstić information content (AvgIpc) is 3.01. The van der Waals surface area contributed by atoms with Crippen LogP contribution in [0.2, 0.25) is 10.0 Å². The van der Waals surface area contributed by atoms with Gasteiger partial charge in [-0.05, 0) is 97.0 Å². The number of carbonyl (C=O) groups is 2. The Balaban J connectivity index is 1.41. The van der Waals surface area contributed by atoms with E-state index in [9.17, 15) is 9.59 Å². The molecule has 4 rings (SSSR count). The summed E-state index contributed by atoms with van der Waals surface area (Å²) in [7, 11) is 0. The number of ether oxygens (including phenoxy) is 4. The molecule has 46 heavy (non-hydrogen) atoms. The Morgan fingerprint density at radius 3 is 2.54 bits per heavy atom. The van der Waals surface area contributed by atoms with Crippen molar-refractivity contribution in [1.82, 2.24) is 16.1 Å². The minimum atomic E-state index is -0.636. The topological polar surface area (TPSA) is 120 Å². The van der Waals surface area contributed by atoms with Crippen LogP contribution in [0.15, 0.2) is 71.0 Å². The van der Waals surface area contributed by atoms with Crippen molar-refractivity contribution < 1.29 is 28.5 Å². The molecule has 1 amide bonds. The van der Waals surface area contributed by atoms with Gasteiger partial charge in [0.05, 0.1) is 44.7 Å². The maximum atomic E-state index is 12.8. The SMILES string of the molecule is CCOC(=O)C1=C(C)NC(=S)N[C@@H]1c1ccccc1OCC(=O)NN=Cc1cc(I)c(OCc2ccc(Cl)c(Cl)c2)c(OCC)c1. The Hall–Kier alpha value is -3.59. The Morgan fingerprint density at radius 1 is 1.02 bits per heavy atom. The molecule has 3 N–H and O–H groups in total. The molecular weight excluding hydrogens is 766 g/mol. The number of amides is 1. The summed E-state index contributed by atoms with van der Waals surface area (Å²) in [6.07, 6.45) is 1.50. The number of carbonyl (C=O) groups excluding carboxylic acids is 2. The Morgan fingerprint density at radius 2 is 1.80 bits per heavy atom. The first kappa shape index (κ1) is 35.3. The third-order valence-corrected chi connectivity index (χ3v) is 8.22. The zero-order valence-electron chi connectivity index (χ0n) is 25.1. The first-order valence-corrected chi connectivity index (χ1v) is 16.4. The van der Waals surface area contributed by atoms with Crippen LogP contribution in [0.1, 0.15) is 43.5 Å². The van der Waals surface area contributed by atoms with E-state index in [1.165, 1.54) is 6.21 Å². The van der Waals surface area contributed by atoms with Crippen LogP contribution in [0.3, 0.4) is 0 Å². The largest absolute Gasteiger partial charge is 0.490 e. The number of allylic oxidation sites excluding steroid dienone is 1. The third-order valence-electron chi connectivity index (χ3n) is 6.46. The number of hydrazone groups is 1. The predicted octanol–water partition coefficient (Wildman–Crippen LogP) is 6.46. The van der Waals surface area contributed by atoms with Gasteiger partial charge >= 0.3 is 5.97 Å². The summed E-state index contributed by atoms with van der Waals surface area (Å²) in [6.45, 7) is 5.93. The van der Waals surface area contributed by atoms with E-state index in [2.05, 4.69) is 43.8 Å². The number of thiocarbonyl (C=S) groups is 1. The summed E-state index contributed by atoms with van der Waals surface area (Å²) < 4.78 is 23.8. The highest BCUT2D eigenvalue weighted by molar-refractivity contribution is 14.1. The third kappa shape index (κ3) is 9.24. The zero-order valence-corrected chi connectivity index (χ0v) is 29.6. The highest BCUT2D eigenvalue weighted by Gasteiger charge is 2.32. The second kappa shape index (κ2) is 16.8. The zero-order chi connectivity index (χ0) is 33.2. The summed E-state index contributed by atoms with van der Waals surface area (Å²) >= 11 is 19.6. The Kier molecular flexibility index (Phi) is 12.9. The fourth-order valence-electron chi connectivity index (χ4n) is 4.46. The lowest BCUT2D eigenvalue weighted by molar-refractivity contribution is -0.139. The minimum absolute atomic E-state index is 0.218. The van der Waals surface area contributed by atoms with Crippen molar-refractivity contribution in [3.05, 3.63) is 96.2 Å². The quantitative estimate of drug-likeness (QED) is 0.0589. The molecule has 3 aromatic rings. The molecule has 10 nitrogen and oxygen atoms in total. The molecule has 14 heteroatoms. The number of nitrogens with zero attached hydrogens (tertiary/aromatic N) is 1. The molecule has 0 saturated heterocycles. The molecule has 0 aliphatic carbocycles. The molecule has 3 aromatic carbocycles. The lowest BCUT2D eigenvalue weighted by Crippen LogP contribution is -2.45. The number of halogens is 3. The van der Waals surface area contributed by atoms with Gasteiger partial charge in [-0.2, -0.15) is 5.10 Å². The summed E-state index contributed by atoms with van der Waals surface area (Å²) in [4.78, 5) is 25.4. The number of para-hydroxylation sites is 1. The van der Waals surface area contributed by atoms with Gasteiger partial charge in [0.25, 0.3) is 5.91 Å². The van der Waals surface area contributed by atoms with Gasteiger partial charge in [-0.25, -0.2) is 10.2 Å². The number of hydrogen-bond acceptors (Lipinski definition) is 8. The molecule has 0 spiro atoms. The smallest absolute Gasteiger partial charge is 0.338 e. The van der Waals surface area contributed by atoms with Gasteiger partial charge in [0.15, 0.2) is 23.2 Å². The van der Waals surface area contributed by atoms with Gasteiger partial charge in [-0.3, -0.25) is 4.79 Å². The van der Waals surface area contributed by atoms with Crippen molar-refractivity contribution in [2.24, 2.45) is 5.10 Å². The van der Waals surface area contributed by atoms with Crippen LogP contribution in [-0.2, 0) is 20.9 Å². The molecule has 0 bridgehead atoms. The normalized spacial score (nSPS) is 14.4. The van der Waals surface area contributed by atoms with Crippen LogP contribution in [0.25, 0.3) is 0 Å². The number of esters is 1. The molecule has 1 aliphatic rings. The molecule has 1 heterocycles. The molecule has 1 aliphatic heterocycles. The summed E-state index contributed by atoms with van der Waals surface area (Å²) in [5, 5.41) is 11.4. The van der Waals surface area contributed by atoms with Crippen molar-refractivity contribution in [2.75, 3.05) is 19.8 Å². The molecule has 0 saturated carbocycles. The van der Waals surface area contributed by atoms with E-state index in [1.54, 1.807) is 56.3 Å². The molecular formula is C32H31Cl2IN4O6S. The van der Waals surface area contributed by atoms with E-state index in [0.29, 0.717) is 61.4 Å². The highest BCUT2D eigenvalue weighted by Crippen LogP contribution is 2.36. The van der Waals surface area contributed by atoms with Crippen molar-refractivity contribution in [2.45, 2.75) is 33.4 Å². The molecule has 0 radical (unpaired) electrons. The van der Waals surface area contributed by atoms with Crippen LogP contribution in [0, 0.1) is 3.57 Å². The van der Waals surface area contributed by atoms with Crippen molar-refractivity contribution in [1.29, 1.82) is 0 Å². The van der Waals surface area contributed by atoms with E-state index < -0.39 is 17.9 Å². The molecule has 0 aromatic heterocycles. The van der Waals surface area contributed by atoms with Crippen molar-refractivity contribution in [3.63, 3.8) is 0 Å². The Labute approximate surface area is 295 Å². The maximum absolute atomic E-state index is 12.8. The second-order valence-electron chi connectivity index (χ2n) is 9.71. The first-order valence-electron chi connectivity index (χ1n) is 14.1. The van der Waals surface area contributed by atoms with Crippen LogP contribution in [-0.4, -0.2) is 43.0 Å². The van der Waals surface area contributed by atoms with Gasteiger partial charge in [-0.15, -0.1) is 0 Å². The van der Waals surface area contributed by atoms with E-state index in [1.807, 2.05) is 19.1 Å². The van der Waals surface area contributed by atoms with Crippen molar-refractivity contribution in [3.8, 4) is 17.2 Å². The van der Waals surface area contributed by atoms with Gasteiger partial charge in [0.2, 0.25) is 0 Å². The predicted molar refractivity (Wildman–Crippen MR) is 190 cm³/mol. The number of benzene rings is 3. The monoisotopic (exact) mass is 796 g/mol. The summed E-state index contributed by atoms with van der Waals surface area (Å²) in [5.41, 5.74) is 5.57. The summed E-state index contributed by atoms with van der Waals surface area (Å²) in [6, 6.07) is 15.4. The highest BCUT2D eigenvalue weighted by atomic mass is 127. The number of rotatable bonds is 13. The van der Waals surface area contributed by atoms with Crippen LogP contribution in [0.4, 0.5) is 0 Å².